The highest BCUT2D eigenvalue weighted by molar-refractivity contribution is 14.0. The van der Waals surface area contributed by atoms with Gasteiger partial charge in [0, 0.05) is 31.6 Å². The summed E-state index contributed by atoms with van der Waals surface area (Å²) in [4.78, 5) is 22.1. The first-order valence-electron chi connectivity index (χ1n) is 9.17. The van der Waals surface area contributed by atoms with Crippen LogP contribution >= 0.6 is 24.0 Å². The first kappa shape index (κ1) is 23.5. The topological polar surface area (TPSA) is 92.0 Å². The summed E-state index contributed by atoms with van der Waals surface area (Å²) in [5, 5.41) is 6.62. The van der Waals surface area contributed by atoms with E-state index in [1.807, 2.05) is 6.92 Å². The van der Waals surface area contributed by atoms with E-state index in [-0.39, 0.29) is 41.5 Å². The average molecular weight is 493 g/mol. The molecule has 9 heteroatoms. The summed E-state index contributed by atoms with van der Waals surface area (Å²) >= 11 is 0. The zero-order valence-electron chi connectivity index (χ0n) is 16.9. The molecule has 1 aliphatic heterocycles. The van der Waals surface area contributed by atoms with Gasteiger partial charge in [-0.2, -0.15) is 0 Å². The van der Waals surface area contributed by atoms with E-state index in [0.29, 0.717) is 38.1 Å². The second-order valence-corrected chi connectivity index (χ2v) is 7.40. The van der Waals surface area contributed by atoms with Gasteiger partial charge in [0.25, 0.3) is 0 Å². The average Bonchev–Trinajstić information content (AvgIpc) is 3.08. The number of rotatable bonds is 4. The minimum atomic E-state index is -0.230. The molecular weight excluding hydrogens is 461 g/mol. The number of hydrogen-bond donors (Lipinski definition) is 2. The third-order valence-corrected chi connectivity index (χ3v) is 4.29. The largest absolute Gasteiger partial charge is 0.450 e. The lowest BCUT2D eigenvalue weighted by Crippen LogP contribution is -2.49. The molecule has 1 aliphatic rings. The van der Waals surface area contributed by atoms with Crippen molar-refractivity contribution in [3.05, 3.63) is 17.8 Å². The molecule has 0 spiro atoms. The Labute approximate surface area is 178 Å². The summed E-state index contributed by atoms with van der Waals surface area (Å²) in [7, 11) is 1.74. The van der Waals surface area contributed by atoms with E-state index in [4.69, 9.17) is 9.15 Å². The molecular formula is C18H32IN5O3. The summed E-state index contributed by atoms with van der Waals surface area (Å²) in [6.07, 6.45) is 3.25. The van der Waals surface area contributed by atoms with Crippen LogP contribution < -0.4 is 10.6 Å². The standard InChI is InChI=1S/C18H31N5O3.HI/c1-6-25-17(24)23-9-7-13(8-10-23)22-16(19-5)21-12-15-20-11-14(26-15)18(2,3)4;/h11,13H,6-10,12H2,1-5H3,(H2,19,21,22);1H. The van der Waals surface area contributed by atoms with Crippen molar-refractivity contribution in [2.24, 2.45) is 4.99 Å². The van der Waals surface area contributed by atoms with E-state index >= 15 is 0 Å². The number of ether oxygens (including phenoxy) is 1. The Hall–Kier alpha value is -1.52. The molecule has 154 valence electrons. The molecule has 1 saturated heterocycles. The Morgan fingerprint density at radius 3 is 2.59 bits per heavy atom. The summed E-state index contributed by atoms with van der Waals surface area (Å²) in [6, 6.07) is 0.265. The summed E-state index contributed by atoms with van der Waals surface area (Å²) in [5.41, 5.74) is -0.0575. The van der Waals surface area contributed by atoms with Crippen LogP contribution in [0.3, 0.4) is 0 Å². The van der Waals surface area contributed by atoms with Gasteiger partial charge in [0.05, 0.1) is 19.3 Å². The van der Waals surface area contributed by atoms with Crippen molar-refractivity contribution in [2.45, 2.75) is 58.5 Å². The number of nitrogens with one attached hydrogen (secondary N) is 2. The van der Waals surface area contributed by atoms with Gasteiger partial charge in [-0.3, -0.25) is 4.99 Å². The van der Waals surface area contributed by atoms with Crippen molar-refractivity contribution in [2.75, 3.05) is 26.7 Å². The zero-order valence-corrected chi connectivity index (χ0v) is 19.2. The number of oxazole rings is 1. The van der Waals surface area contributed by atoms with Crippen LogP contribution in [0.4, 0.5) is 4.79 Å². The minimum absolute atomic E-state index is 0. The Morgan fingerprint density at radius 2 is 2.07 bits per heavy atom. The highest BCUT2D eigenvalue weighted by atomic mass is 127. The number of hydrogen-bond acceptors (Lipinski definition) is 5. The van der Waals surface area contributed by atoms with Crippen molar-refractivity contribution in [3.8, 4) is 0 Å². The molecule has 0 saturated carbocycles. The predicted octanol–water partition coefficient (Wildman–Crippen LogP) is 2.88. The molecule has 0 bridgehead atoms. The molecule has 1 aromatic heterocycles. The van der Waals surface area contributed by atoms with E-state index < -0.39 is 0 Å². The Kier molecular flexibility index (Phi) is 9.34. The second-order valence-electron chi connectivity index (χ2n) is 7.40. The SMILES string of the molecule is CCOC(=O)N1CCC(NC(=NC)NCc2ncc(C(C)(C)C)o2)CC1.I. The van der Waals surface area contributed by atoms with E-state index in [1.165, 1.54) is 0 Å². The van der Waals surface area contributed by atoms with Crippen LogP contribution in [-0.4, -0.2) is 54.7 Å². The number of halogens is 1. The summed E-state index contributed by atoms with van der Waals surface area (Å²) < 4.78 is 10.8. The molecule has 8 nitrogen and oxygen atoms in total. The predicted molar refractivity (Wildman–Crippen MR) is 116 cm³/mol. The maximum atomic E-state index is 11.7. The van der Waals surface area contributed by atoms with Gasteiger partial charge >= 0.3 is 6.09 Å². The molecule has 2 N–H and O–H groups in total. The molecule has 0 aromatic carbocycles. The van der Waals surface area contributed by atoms with Crippen LogP contribution in [-0.2, 0) is 16.7 Å². The van der Waals surface area contributed by atoms with Crippen LogP contribution in [0, 0.1) is 0 Å². The van der Waals surface area contributed by atoms with Crippen molar-refractivity contribution >= 4 is 36.0 Å². The van der Waals surface area contributed by atoms with Gasteiger partial charge in [-0.25, -0.2) is 9.78 Å². The van der Waals surface area contributed by atoms with Gasteiger partial charge in [0.1, 0.15) is 5.76 Å². The van der Waals surface area contributed by atoms with E-state index in [9.17, 15) is 4.79 Å². The number of guanidine groups is 1. The van der Waals surface area contributed by atoms with Crippen LogP contribution in [0.25, 0.3) is 0 Å². The normalized spacial score (nSPS) is 15.9. The summed E-state index contributed by atoms with van der Waals surface area (Å²) in [6.45, 7) is 10.3. The monoisotopic (exact) mass is 493 g/mol. The number of nitrogens with zero attached hydrogens (tertiary/aromatic N) is 3. The second kappa shape index (κ2) is 10.7. The van der Waals surface area contributed by atoms with Gasteiger partial charge < -0.3 is 24.7 Å². The molecule has 27 heavy (non-hydrogen) atoms. The van der Waals surface area contributed by atoms with Gasteiger partial charge in [-0.15, -0.1) is 24.0 Å². The number of likely N-dealkylation sites (tertiary alicyclic amines) is 1. The van der Waals surface area contributed by atoms with Crippen molar-refractivity contribution in [1.82, 2.24) is 20.5 Å². The van der Waals surface area contributed by atoms with Crippen molar-refractivity contribution < 1.29 is 13.9 Å². The smallest absolute Gasteiger partial charge is 0.409 e. The number of aliphatic imine (C=N–C) groups is 1. The zero-order chi connectivity index (χ0) is 19.2. The first-order valence-corrected chi connectivity index (χ1v) is 9.17. The van der Waals surface area contributed by atoms with Crippen molar-refractivity contribution in [3.63, 3.8) is 0 Å². The Morgan fingerprint density at radius 1 is 1.41 bits per heavy atom. The van der Waals surface area contributed by atoms with Gasteiger partial charge in [-0.05, 0) is 19.8 Å². The van der Waals surface area contributed by atoms with Crippen LogP contribution in [0.1, 0.15) is 52.2 Å². The van der Waals surface area contributed by atoms with Crippen molar-refractivity contribution in [1.29, 1.82) is 0 Å². The molecule has 2 rings (SSSR count). The van der Waals surface area contributed by atoms with E-state index in [2.05, 4.69) is 41.4 Å². The molecule has 1 fully saturated rings. The maximum Gasteiger partial charge on any atom is 0.409 e. The van der Waals surface area contributed by atoms with Crippen LogP contribution in [0.2, 0.25) is 0 Å². The van der Waals surface area contributed by atoms with Gasteiger partial charge in [0.2, 0.25) is 5.89 Å². The van der Waals surface area contributed by atoms with E-state index in [0.717, 1.165) is 18.6 Å². The fraction of sp³-hybridized carbons (Fsp3) is 0.722. The number of aromatic nitrogens is 1. The first-order chi connectivity index (χ1) is 12.3. The maximum absolute atomic E-state index is 11.7. The Bertz CT molecular complexity index is 619. The highest BCUT2D eigenvalue weighted by Gasteiger charge is 2.24. The molecule has 2 heterocycles. The number of piperidine rings is 1. The molecule has 0 radical (unpaired) electrons. The lowest BCUT2D eigenvalue weighted by atomic mass is 9.94. The lowest BCUT2D eigenvalue weighted by molar-refractivity contribution is 0.0963. The Balaban J connectivity index is 0.00000364. The van der Waals surface area contributed by atoms with Crippen LogP contribution in [0.15, 0.2) is 15.6 Å². The quantitative estimate of drug-likeness (QED) is 0.381. The molecule has 1 aromatic rings. The highest BCUT2D eigenvalue weighted by Crippen LogP contribution is 2.22. The van der Waals surface area contributed by atoms with Gasteiger partial charge in [-0.1, -0.05) is 20.8 Å². The fourth-order valence-corrected chi connectivity index (χ4v) is 2.71. The third kappa shape index (κ3) is 7.19. The molecule has 0 aliphatic carbocycles. The van der Waals surface area contributed by atoms with Crippen LogP contribution in [0.5, 0.6) is 0 Å². The molecule has 0 unspecified atom stereocenters. The third-order valence-electron chi connectivity index (χ3n) is 4.29. The number of carbonyl (C=O) groups excluding carboxylic acids is 1. The lowest BCUT2D eigenvalue weighted by Gasteiger charge is -2.32. The molecule has 0 atom stereocenters. The fourth-order valence-electron chi connectivity index (χ4n) is 2.71. The van der Waals surface area contributed by atoms with Gasteiger partial charge in [0.15, 0.2) is 5.96 Å². The van der Waals surface area contributed by atoms with E-state index in [1.54, 1.807) is 18.1 Å². The number of carbonyl (C=O) groups is 1. The molecule has 1 amide bonds. The minimum Gasteiger partial charge on any atom is -0.450 e. The number of amides is 1. The summed E-state index contributed by atoms with van der Waals surface area (Å²) in [5.74, 6) is 2.20.